The lowest BCUT2D eigenvalue weighted by Gasteiger charge is -2.50. The van der Waals surface area contributed by atoms with Crippen molar-refractivity contribution in [3.8, 4) is 5.75 Å². The molecule has 5 heteroatoms. The third kappa shape index (κ3) is 2.15. The van der Waals surface area contributed by atoms with Crippen molar-refractivity contribution in [3.05, 3.63) is 22.4 Å². The third-order valence-electron chi connectivity index (χ3n) is 4.23. The van der Waals surface area contributed by atoms with E-state index in [1.54, 1.807) is 12.1 Å². The van der Waals surface area contributed by atoms with Gasteiger partial charge in [-0.25, -0.2) is 4.98 Å². The predicted molar refractivity (Wildman–Crippen MR) is 71.4 cm³/mol. The summed E-state index contributed by atoms with van der Waals surface area (Å²) in [6.45, 7) is 2.88. The molecule has 4 rings (SSSR count). The zero-order valence-corrected chi connectivity index (χ0v) is 11.7. The summed E-state index contributed by atoms with van der Waals surface area (Å²) in [6.07, 6.45) is 2.52. The van der Waals surface area contributed by atoms with Gasteiger partial charge in [0.05, 0.1) is 11.3 Å². The minimum atomic E-state index is -0.734. The highest BCUT2D eigenvalue weighted by atomic mass is 79.9. The van der Waals surface area contributed by atoms with Gasteiger partial charge in [-0.2, -0.15) is 0 Å². The van der Waals surface area contributed by atoms with Crippen LogP contribution in [0, 0.1) is 5.92 Å². The van der Waals surface area contributed by atoms with Crippen LogP contribution < -0.4 is 0 Å². The van der Waals surface area contributed by atoms with E-state index in [0.29, 0.717) is 29.2 Å². The van der Waals surface area contributed by atoms with E-state index >= 15 is 0 Å². The zero-order valence-electron chi connectivity index (χ0n) is 10.1. The number of rotatable bonds is 2. The van der Waals surface area contributed by atoms with Crippen LogP contribution in [-0.4, -0.2) is 45.3 Å². The van der Waals surface area contributed by atoms with Crippen LogP contribution in [-0.2, 0) is 6.42 Å². The van der Waals surface area contributed by atoms with Crippen molar-refractivity contribution in [1.82, 2.24) is 9.88 Å². The number of hydrogen-bond acceptors (Lipinski definition) is 4. The Morgan fingerprint density at radius 3 is 2.72 bits per heavy atom. The van der Waals surface area contributed by atoms with Crippen LogP contribution in [0.25, 0.3) is 0 Å². The molecule has 3 aliphatic rings. The van der Waals surface area contributed by atoms with Gasteiger partial charge in [-0.05, 0) is 59.9 Å². The van der Waals surface area contributed by atoms with Crippen LogP contribution in [0.5, 0.6) is 5.75 Å². The molecular formula is C13H17BrN2O2. The van der Waals surface area contributed by atoms with E-state index in [0.717, 1.165) is 25.9 Å². The van der Waals surface area contributed by atoms with Crippen molar-refractivity contribution in [2.45, 2.75) is 24.9 Å². The van der Waals surface area contributed by atoms with Crippen LogP contribution in [0.15, 0.2) is 16.7 Å². The smallest absolute Gasteiger partial charge is 0.137 e. The van der Waals surface area contributed by atoms with E-state index < -0.39 is 5.60 Å². The molecule has 0 saturated carbocycles. The lowest BCUT2D eigenvalue weighted by Crippen LogP contribution is -2.60. The molecule has 1 atom stereocenters. The lowest BCUT2D eigenvalue weighted by atomic mass is 9.73. The minimum absolute atomic E-state index is 0.170. The van der Waals surface area contributed by atoms with Crippen LogP contribution in [0.4, 0.5) is 0 Å². The standard InChI is InChI=1S/C13H17BrN2O2/c14-12-2-1-11(17)10(15-12)7-13(18)8-16-5-3-9(13)4-6-16/h1-2,9,17-18H,3-8H2. The Hall–Kier alpha value is -0.650. The third-order valence-corrected chi connectivity index (χ3v) is 4.68. The maximum atomic E-state index is 10.8. The molecule has 0 spiro atoms. The molecule has 1 unspecified atom stereocenters. The summed E-state index contributed by atoms with van der Waals surface area (Å²) in [5.41, 5.74) is -0.150. The average Bonchev–Trinajstić information content (AvgIpc) is 2.34. The second-order valence-electron chi connectivity index (χ2n) is 5.43. The van der Waals surface area contributed by atoms with Crippen molar-refractivity contribution < 1.29 is 10.2 Å². The van der Waals surface area contributed by atoms with Crippen molar-refractivity contribution >= 4 is 15.9 Å². The monoisotopic (exact) mass is 312 g/mol. The van der Waals surface area contributed by atoms with Gasteiger partial charge >= 0.3 is 0 Å². The molecule has 2 bridgehead atoms. The molecule has 98 valence electrons. The highest BCUT2D eigenvalue weighted by Crippen LogP contribution is 2.38. The van der Waals surface area contributed by atoms with Gasteiger partial charge in [0.15, 0.2) is 0 Å². The molecule has 4 nitrogen and oxygen atoms in total. The summed E-state index contributed by atoms with van der Waals surface area (Å²) in [6, 6.07) is 3.33. The normalized spacial score (nSPS) is 34.8. The first-order valence-electron chi connectivity index (χ1n) is 6.36. The summed E-state index contributed by atoms with van der Waals surface area (Å²) in [5, 5.41) is 20.7. The Morgan fingerprint density at radius 2 is 2.11 bits per heavy atom. The molecule has 0 aromatic carbocycles. The molecule has 0 aliphatic carbocycles. The van der Waals surface area contributed by atoms with Gasteiger partial charge in [0.2, 0.25) is 0 Å². The van der Waals surface area contributed by atoms with Gasteiger partial charge in [0, 0.05) is 13.0 Å². The summed E-state index contributed by atoms with van der Waals surface area (Å²) in [5.74, 6) is 0.505. The number of piperidine rings is 3. The number of halogens is 1. The fraction of sp³-hybridized carbons (Fsp3) is 0.615. The van der Waals surface area contributed by atoms with Crippen molar-refractivity contribution in [2.75, 3.05) is 19.6 Å². The average molecular weight is 313 g/mol. The first-order valence-corrected chi connectivity index (χ1v) is 7.15. The highest BCUT2D eigenvalue weighted by Gasteiger charge is 2.45. The van der Waals surface area contributed by atoms with Gasteiger partial charge in [0.25, 0.3) is 0 Å². The molecule has 1 aromatic rings. The summed E-state index contributed by atoms with van der Waals surface area (Å²) < 4.78 is 0.695. The SMILES string of the molecule is Oc1ccc(Br)nc1CC1(O)CN2CCC1CC2. The van der Waals surface area contributed by atoms with Crippen molar-refractivity contribution in [2.24, 2.45) is 5.92 Å². The minimum Gasteiger partial charge on any atom is -0.506 e. The quantitative estimate of drug-likeness (QED) is 0.814. The number of pyridine rings is 1. The molecule has 4 heterocycles. The number of fused-ring (bicyclic) bond motifs is 3. The Labute approximate surface area is 115 Å². The fourth-order valence-corrected chi connectivity index (χ4v) is 3.58. The van der Waals surface area contributed by atoms with Crippen LogP contribution >= 0.6 is 15.9 Å². The van der Waals surface area contributed by atoms with Gasteiger partial charge in [-0.15, -0.1) is 0 Å². The van der Waals surface area contributed by atoms with E-state index in [1.165, 1.54) is 0 Å². The number of hydrogen-bond donors (Lipinski definition) is 2. The second-order valence-corrected chi connectivity index (χ2v) is 6.24. The number of aliphatic hydroxyl groups is 1. The Kier molecular flexibility index (Phi) is 3.08. The molecule has 0 amide bonds. The second kappa shape index (κ2) is 4.47. The maximum absolute atomic E-state index is 10.8. The van der Waals surface area contributed by atoms with Crippen molar-refractivity contribution in [3.63, 3.8) is 0 Å². The van der Waals surface area contributed by atoms with Gasteiger partial charge in [-0.3, -0.25) is 0 Å². The van der Waals surface area contributed by atoms with E-state index in [1.807, 2.05) is 0 Å². The van der Waals surface area contributed by atoms with Crippen LogP contribution in [0.1, 0.15) is 18.5 Å². The number of aromatic nitrogens is 1. The summed E-state index contributed by atoms with van der Waals surface area (Å²) >= 11 is 3.31. The van der Waals surface area contributed by atoms with Gasteiger partial charge in [-0.1, -0.05) is 0 Å². The molecule has 2 N–H and O–H groups in total. The molecule has 1 aromatic heterocycles. The summed E-state index contributed by atoms with van der Waals surface area (Å²) in [4.78, 5) is 6.58. The summed E-state index contributed by atoms with van der Waals surface area (Å²) in [7, 11) is 0. The molecule has 3 aliphatic heterocycles. The molecular weight excluding hydrogens is 296 g/mol. The topological polar surface area (TPSA) is 56.6 Å². The Morgan fingerprint density at radius 1 is 1.39 bits per heavy atom. The first kappa shape index (κ1) is 12.4. The van der Waals surface area contributed by atoms with E-state index in [4.69, 9.17) is 0 Å². The van der Waals surface area contributed by atoms with Gasteiger partial charge < -0.3 is 15.1 Å². The first-order chi connectivity index (χ1) is 8.57. The van der Waals surface area contributed by atoms with Crippen molar-refractivity contribution in [1.29, 1.82) is 0 Å². The lowest BCUT2D eigenvalue weighted by molar-refractivity contribution is -0.111. The number of nitrogens with zero attached hydrogens (tertiary/aromatic N) is 2. The number of aromatic hydroxyl groups is 1. The molecule has 3 saturated heterocycles. The zero-order chi connectivity index (χ0) is 12.8. The Balaban J connectivity index is 1.85. The molecule has 3 fully saturated rings. The largest absolute Gasteiger partial charge is 0.506 e. The van der Waals surface area contributed by atoms with E-state index in [9.17, 15) is 10.2 Å². The molecule has 0 radical (unpaired) electrons. The van der Waals surface area contributed by atoms with Crippen LogP contribution in [0.2, 0.25) is 0 Å². The van der Waals surface area contributed by atoms with Crippen LogP contribution in [0.3, 0.4) is 0 Å². The maximum Gasteiger partial charge on any atom is 0.137 e. The fourth-order valence-electron chi connectivity index (χ4n) is 3.23. The van der Waals surface area contributed by atoms with E-state index in [-0.39, 0.29) is 5.75 Å². The molecule has 18 heavy (non-hydrogen) atoms. The highest BCUT2D eigenvalue weighted by molar-refractivity contribution is 9.10. The van der Waals surface area contributed by atoms with E-state index in [2.05, 4.69) is 25.8 Å². The van der Waals surface area contributed by atoms with Gasteiger partial charge in [0.1, 0.15) is 10.4 Å². The Bertz CT molecular complexity index is 460. The predicted octanol–water partition coefficient (Wildman–Crippen LogP) is 1.55.